The summed E-state index contributed by atoms with van der Waals surface area (Å²) in [4.78, 5) is 15.2. The van der Waals surface area contributed by atoms with Crippen LogP contribution in [0, 0.1) is 0 Å². The molecule has 0 aliphatic heterocycles. The Balaban J connectivity index is 2.18. The van der Waals surface area contributed by atoms with Crippen molar-refractivity contribution in [3.05, 3.63) is 17.8 Å². The van der Waals surface area contributed by atoms with E-state index in [-0.39, 0.29) is 5.97 Å². The van der Waals surface area contributed by atoms with E-state index in [9.17, 15) is 4.79 Å². The van der Waals surface area contributed by atoms with Crippen LogP contribution < -0.4 is 0 Å². The number of hydrogen-bond donors (Lipinski definition) is 0. The van der Waals surface area contributed by atoms with Crippen LogP contribution in [0.15, 0.2) is 10.8 Å². The highest BCUT2D eigenvalue weighted by atomic mass is 16.5. The van der Waals surface area contributed by atoms with Gasteiger partial charge >= 0.3 is 5.97 Å². The predicted molar refractivity (Wildman–Crippen MR) is 44.4 cm³/mol. The van der Waals surface area contributed by atoms with Crippen molar-refractivity contribution in [1.29, 1.82) is 0 Å². The molecular formula is C9H11NO3. The van der Waals surface area contributed by atoms with Crippen LogP contribution in [0.3, 0.4) is 0 Å². The van der Waals surface area contributed by atoms with Gasteiger partial charge in [-0.2, -0.15) is 0 Å². The van der Waals surface area contributed by atoms with Crippen LogP contribution in [0.25, 0.3) is 0 Å². The zero-order chi connectivity index (χ0) is 9.26. The Morgan fingerprint density at radius 1 is 1.77 bits per heavy atom. The molecule has 1 fully saturated rings. The van der Waals surface area contributed by atoms with Gasteiger partial charge in [0.15, 0.2) is 12.1 Å². The summed E-state index contributed by atoms with van der Waals surface area (Å²) in [6.07, 6.45) is 3.48. The standard InChI is InChI=1S/C9H11NO3/c1-2-12-9(11)7-8(6-3-4-6)13-5-10-7/h5-6H,2-4H2,1H3. The zero-order valence-corrected chi connectivity index (χ0v) is 7.45. The lowest BCUT2D eigenvalue weighted by Gasteiger charge is -1.98. The van der Waals surface area contributed by atoms with Crippen molar-refractivity contribution in [3.63, 3.8) is 0 Å². The zero-order valence-electron chi connectivity index (χ0n) is 7.45. The largest absolute Gasteiger partial charge is 0.461 e. The van der Waals surface area contributed by atoms with Gasteiger partial charge in [0.05, 0.1) is 6.61 Å². The molecule has 1 aliphatic carbocycles. The minimum Gasteiger partial charge on any atom is -0.461 e. The summed E-state index contributed by atoms with van der Waals surface area (Å²) in [5, 5.41) is 0. The highest BCUT2D eigenvalue weighted by Gasteiger charge is 2.32. The predicted octanol–water partition coefficient (Wildman–Crippen LogP) is 1.73. The molecule has 2 rings (SSSR count). The summed E-state index contributed by atoms with van der Waals surface area (Å²) in [5.74, 6) is 0.707. The van der Waals surface area contributed by atoms with Crippen molar-refractivity contribution >= 4 is 5.97 Å². The van der Waals surface area contributed by atoms with Gasteiger partial charge in [-0.05, 0) is 19.8 Å². The highest BCUT2D eigenvalue weighted by Crippen LogP contribution is 2.41. The van der Waals surface area contributed by atoms with E-state index in [1.165, 1.54) is 6.39 Å². The van der Waals surface area contributed by atoms with Gasteiger partial charge in [0.25, 0.3) is 0 Å². The van der Waals surface area contributed by atoms with E-state index in [0.29, 0.717) is 24.0 Å². The maximum absolute atomic E-state index is 11.3. The molecule has 0 N–H and O–H groups in total. The Morgan fingerprint density at radius 3 is 3.15 bits per heavy atom. The van der Waals surface area contributed by atoms with Gasteiger partial charge in [-0.3, -0.25) is 0 Å². The second kappa shape index (κ2) is 3.20. The number of hydrogen-bond acceptors (Lipinski definition) is 4. The molecule has 0 atom stereocenters. The minimum atomic E-state index is -0.377. The van der Waals surface area contributed by atoms with Crippen LogP contribution in [-0.4, -0.2) is 17.6 Å². The van der Waals surface area contributed by atoms with Crippen LogP contribution >= 0.6 is 0 Å². The summed E-state index contributed by atoms with van der Waals surface area (Å²) in [6.45, 7) is 2.14. The average molecular weight is 181 g/mol. The third-order valence-electron chi connectivity index (χ3n) is 2.01. The van der Waals surface area contributed by atoms with E-state index < -0.39 is 0 Å². The third-order valence-corrected chi connectivity index (χ3v) is 2.01. The van der Waals surface area contributed by atoms with Crippen molar-refractivity contribution in [2.45, 2.75) is 25.7 Å². The van der Waals surface area contributed by atoms with E-state index in [1.54, 1.807) is 6.92 Å². The second-order valence-corrected chi connectivity index (χ2v) is 3.06. The Bertz CT molecular complexity index is 314. The maximum Gasteiger partial charge on any atom is 0.360 e. The first-order valence-electron chi connectivity index (χ1n) is 4.43. The third kappa shape index (κ3) is 1.56. The minimum absolute atomic E-state index is 0.351. The number of aromatic nitrogens is 1. The lowest BCUT2D eigenvalue weighted by atomic mass is 10.2. The fourth-order valence-corrected chi connectivity index (χ4v) is 1.24. The van der Waals surface area contributed by atoms with Gasteiger partial charge in [0.1, 0.15) is 5.76 Å². The van der Waals surface area contributed by atoms with E-state index in [1.807, 2.05) is 0 Å². The normalized spacial score (nSPS) is 15.8. The number of nitrogens with zero attached hydrogens (tertiary/aromatic N) is 1. The average Bonchev–Trinajstić information content (AvgIpc) is 2.84. The molecule has 1 aromatic rings. The van der Waals surface area contributed by atoms with E-state index in [4.69, 9.17) is 9.15 Å². The van der Waals surface area contributed by atoms with Crippen molar-refractivity contribution in [1.82, 2.24) is 4.98 Å². The van der Waals surface area contributed by atoms with Crippen LogP contribution in [0.1, 0.15) is 41.9 Å². The van der Waals surface area contributed by atoms with Gasteiger partial charge < -0.3 is 9.15 Å². The number of oxazole rings is 1. The molecule has 1 aromatic heterocycles. The van der Waals surface area contributed by atoms with Crippen molar-refractivity contribution in [2.24, 2.45) is 0 Å². The van der Waals surface area contributed by atoms with Crippen molar-refractivity contribution < 1.29 is 13.9 Å². The quantitative estimate of drug-likeness (QED) is 0.666. The molecule has 1 heterocycles. The van der Waals surface area contributed by atoms with Crippen LogP contribution in [0.2, 0.25) is 0 Å². The molecule has 70 valence electrons. The van der Waals surface area contributed by atoms with Crippen molar-refractivity contribution in [2.75, 3.05) is 6.61 Å². The SMILES string of the molecule is CCOC(=O)c1ncoc1C1CC1. The van der Waals surface area contributed by atoms with Crippen LogP contribution in [0.5, 0.6) is 0 Å². The van der Waals surface area contributed by atoms with Crippen LogP contribution in [0.4, 0.5) is 0 Å². The number of rotatable bonds is 3. The number of ether oxygens (including phenoxy) is 1. The Kier molecular flexibility index (Phi) is 2.04. The maximum atomic E-state index is 11.3. The molecule has 0 unspecified atom stereocenters. The molecule has 13 heavy (non-hydrogen) atoms. The summed E-state index contributed by atoms with van der Waals surface area (Å²) in [6, 6.07) is 0. The molecule has 0 saturated heterocycles. The molecule has 4 heteroatoms. The van der Waals surface area contributed by atoms with E-state index >= 15 is 0 Å². The van der Waals surface area contributed by atoms with Gasteiger partial charge in [0, 0.05) is 5.92 Å². The topological polar surface area (TPSA) is 52.3 Å². The first-order chi connectivity index (χ1) is 6.33. The Hall–Kier alpha value is -1.32. The fourth-order valence-electron chi connectivity index (χ4n) is 1.24. The monoisotopic (exact) mass is 181 g/mol. The molecule has 4 nitrogen and oxygen atoms in total. The number of carbonyl (C=O) groups is 1. The highest BCUT2D eigenvalue weighted by molar-refractivity contribution is 5.88. The van der Waals surface area contributed by atoms with Gasteiger partial charge in [-0.15, -0.1) is 0 Å². The smallest absolute Gasteiger partial charge is 0.360 e. The summed E-state index contributed by atoms with van der Waals surface area (Å²) < 4.78 is 9.99. The molecule has 0 amide bonds. The van der Waals surface area contributed by atoms with E-state index in [0.717, 1.165) is 12.8 Å². The number of esters is 1. The Labute approximate surface area is 75.9 Å². The van der Waals surface area contributed by atoms with Crippen molar-refractivity contribution in [3.8, 4) is 0 Å². The summed E-state index contributed by atoms with van der Waals surface area (Å²) >= 11 is 0. The van der Waals surface area contributed by atoms with E-state index in [2.05, 4.69) is 4.98 Å². The van der Waals surface area contributed by atoms with Gasteiger partial charge in [-0.25, -0.2) is 9.78 Å². The molecule has 1 saturated carbocycles. The molecule has 0 spiro atoms. The Morgan fingerprint density at radius 2 is 2.54 bits per heavy atom. The van der Waals surface area contributed by atoms with Crippen LogP contribution in [-0.2, 0) is 4.74 Å². The summed E-state index contributed by atoms with van der Waals surface area (Å²) in [7, 11) is 0. The molecule has 0 radical (unpaired) electrons. The first kappa shape index (κ1) is 8.29. The second-order valence-electron chi connectivity index (χ2n) is 3.06. The first-order valence-corrected chi connectivity index (χ1v) is 4.43. The lowest BCUT2D eigenvalue weighted by Crippen LogP contribution is -2.07. The fraction of sp³-hybridized carbons (Fsp3) is 0.556. The molecular weight excluding hydrogens is 170 g/mol. The molecule has 1 aliphatic rings. The molecule has 0 bridgehead atoms. The summed E-state index contributed by atoms with van der Waals surface area (Å²) in [5.41, 5.74) is 0.351. The molecule has 0 aromatic carbocycles. The lowest BCUT2D eigenvalue weighted by molar-refractivity contribution is 0.0517. The van der Waals surface area contributed by atoms with Gasteiger partial charge in [-0.1, -0.05) is 0 Å². The number of carbonyl (C=O) groups excluding carboxylic acids is 1. The van der Waals surface area contributed by atoms with Gasteiger partial charge in [0.2, 0.25) is 0 Å².